The van der Waals surface area contributed by atoms with Gasteiger partial charge in [0.25, 0.3) is 0 Å². The fourth-order valence-corrected chi connectivity index (χ4v) is 4.46. The first-order valence-corrected chi connectivity index (χ1v) is 10.0. The van der Waals surface area contributed by atoms with Gasteiger partial charge in [-0.15, -0.1) is 10.2 Å². The summed E-state index contributed by atoms with van der Waals surface area (Å²) in [6, 6.07) is 8.38. The van der Waals surface area contributed by atoms with Gasteiger partial charge in [-0.2, -0.15) is 13.2 Å². The minimum atomic E-state index is -4.37. The third kappa shape index (κ3) is 3.82. The van der Waals surface area contributed by atoms with Crippen LogP contribution in [0.4, 0.5) is 24.5 Å². The number of halogens is 3. The van der Waals surface area contributed by atoms with Crippen molar-refractivity contribution in [3.05, 3.63) is 53.2 Å². The molecule has 0 aliphatic carbocycles. The summed E-state index contributed by atoms with van der Waals surface area (Å²) < 4.78 is 38.3. The lowest BCUT2D eigenvalue weighted by Gasteiger charge is -2.18. The van der Waals surface area contributed by atoms with E-state index in [4.69, 9.17) is 12.2 Å². The van der Waals surface area contributed by atoms with E-state index in [9.17, 15) is 13.2 Å². The van der Waals surface area contributed by atoms with Crippen LogP contribution in [0.3, 0.4) is 0 Å². The van der Waals surface area contributed by atoms with Gasteiger partial charge in [0.2, 0.25) is 0 Å². The van der Waals surface area contributed by atoms with Crippen LogP contribution >= 0.6 is 23.6 Å². The fraction of sp³-hybridized carbons (Fsp3) is 0.263. The van der Waals surface area contributed by atoms with E-state index in [1.165, 1.54) is 23.5 Å². The van der Waals surface area contributed by atoms with Gasteiger partial charge in [-0.25, -0.2) is 0 Å². The van der Waals surface area contributed by atoms with E-state index < -0.39 is 11.7 Å². The van der Waals surface area contributed by atoms with Gasteiger partial charge in [0.1, 0.15) is 10.7 Å². The molecule has 0 radical (unpaired) electrons. The Morgan fingerprint density at radius 1 is 1.17 bits per heavy atom. The molecule has 3 aromatic rings. The van der Waals surface area contributed by atoms with E-state index >= 15 is 0 Å². The van der Waals surface area contributed by atoms with Crippen LogP contribution in [0.15, 0.2) is 42.6 Å². The van der Waals surface area contributed by atoms with E-state index in [2.05, 4.69) is 25.8 Å². The molecule has 0 unspecified atom stereocenters. The van der Waals surface area contributed by atoms with Gasteiger partial charge in [-0.1, -0.05) is 23.6 Å². The molecular formula is C19H16F3N5S2. The van der Waals surface area contributed by atoms with Crippen LogP contribution in [0.5, 0.6) is 0 Å². The number of anilines is 2. The smallest absolute Gasteiger partial charge is 0.379 e. The highest BCUT2D eigenvalue weighted by Crippen LogP contribution is 2.38. The average molecular weight is 436 g/mol. The van der Waals surface area contributed by atoms with E-state index in [0.29, 0.717) is 22.1 Å². The van der Waals surface area contributed by atoms with Crippen molar-refractivity contribution in [3.63, 3.8) is 0 Å². The molecule has 1 aromatic carbocycles. The van der Waals surface area contributed by atoms with E-state index in [1.807, 2.05) is 6.92 Å². The Hall–Kier alpha value is -2.59. The molecule has 0 saturated carbocycles. The highest BCUT2D eigenvalue weighted by atomic mass is 32.1. The van der Waals surface area contributed by atoms with Crippen molar-refractivity contribution in [1.82, 2.24) is 20.5 Å². The molecule has 10 heteroatoms. The molecule has 3 heterocycles. The second kappa shape index (κ2) is 7.34. The lowest BCUT2D eigenvalue weighted by atomic mass is 9.91. The van der Waals surface area contributed by atoms with Gasteiger partial charge in [-0.3, -0.25) is 4.98 Å². The number of pyridine rings is 1. The Labute approximate surface area is 174 Å². The van der Waals surface area contributed by atoms with Crippen LogP contribution in [-0.4, -0.2) is 26.7 Å². The minimum absolute atomic E-state index is 0.346. The Kier molecular flexibility index (Phi) is 4.99. The molecule has 5 nitrogen and oxygen atoms in total. The fourth-order valence-electron chi connectivity index (χ4n) is 3.06. The van der Waals surface area contributed by atoms with Crippen molar-refractivity contribution in [3.8, 4) is 10.7 Å². The zero-order valence-corrected chi connectivity index (χ0v) is 16.9. The van der Waals surface area contributed by atoms with Crippen molar-refractivity contribution < 1.29 is 13.2 Å². The van der Waals surface area contributed by atoms with Gasteiger partial charge in [0, 0.05) is 18.4 Å². The maximum atomic E-state index is 12.8. The number of aromatic nitrogens is 3. The number of nitrogens with one attached hydrogen (secondary N) is 2. The number of thiocarbonyl (C=S) groups is 1. The van der Waals surface area contributed by atoms with Crippen molar-refractivity contribution in [2.24, 2.45) is 0 Å². The largest absolute Gasteiger partial charge is 0.416 e. The predicted molar refractivity (Wildman–Crippen MR) is 110 cm³/mol. The van der Waals surface area contributed by atoms with Crippen molar-refractivity contribution in [1.29, 1.82) is 0 Å². The average Bonchev–Trinajstić information content (AvgIpc) is 3.30. The quantitative estimate of drug-likeness (QED) is 0.566. The molecule has 2 N–H and O–H groups in total. The number of hydrogen-bond donors (Lipinski definition) is 2. The first kappa shape index (κ1) is 19.7. The number of benzene rings is 1. The molecule has 0 spiro atoms. The predicted octanol–water partition coefficient (Wildman–Crippen LogP) is 4.94. The monoisotopic (exact) mass is 435 g/mol. The number of nitrogens with zero attached hydrogens (tertiary/aromatic N) is 3. The lowest BCUT2D eigenvalue weighted by molar-refractivity contribution is -0.137. The van der Waals surface area contributed by atoms with Crippen molar-refractivity contribution in [2.45, 2.75) is 24.9 Å². The van der Waals surface area contributed by atoms with Crippen molar-refractivity contribution in [2.75, 3.05) is 11.9 Å². The summed E-state index contributed by atoms with van der Waals surface area (Å²) in [5, 5.41) is 16.3. The SMILES string of the molecule is C[C@@]1(c2nnc(-c3ncccc3Nc3ccc(C(F)(F)F)cc3)s2)CCNC1=S. The third-order valence-corrected chi connectivity index (χ3v) is 6.60. The molecule has 1 fully saturated rings. The summed E-state index contributed by atoms with van der Waals surface area (Å²) in [6.45, 7) is 2.84. The van der Waals surface area contributed by atoms with Crippen LogP contribution in [0.2, 0.25) is 0 Å². The summed E-state index contributed by atoms with van der Waals surface area (Å²) in [5.74, 6) is 0. The molecule has 1 atom stereocenters. The zero-order chi connectivity index (χ0) is 20.6. The van der Waals surface area contributed by atoms with Crippen LogP contribution in [0, 0.1) is 0 Å². The van der Waals surface area contributed by atoms with Crippen LogP contribution in [-0.2, 0) is 11.6 Å². The Balaban J connectivity index is 1.62. The molecule has 0 bridgehead atoms. The van der Waals surface area contributed by atoms with Gasteiger partial charge in [0.05, 0.1) is 21.7 Å². The molecule has 1 aliphatic rings. The summed E-state index contributed by atoms with van der Waals surface area (Å²) in [6.07, 6.45) is -1.89. The molecule has 2 aromatic heterocycles. The highest BCUT2D eigenvalue weighted by Gasteiger charge is 2.39. The molecule has 150 valence electrons. The molecule has 1 aliphatic heterocycles. The summed E-state index contributed by atoms with van der Waals surface area (Å²) in [5.41, 5.74) is 0.688. The zero-order valence-electron chi connectivity index (χ0n) is 15.2. The van der Waals surface area contributed by atoms with Gasteiger partial charge < -0.3 is 10.6 Å². The first-order chi connectivity index (χ1) is 13.8. The second-order valence-electron chi connectivity index (χ2n) is 6.85. The van der Waals surface area contributed by atoms with Crippen molar-refractivity contribution >= 4 is 39.9 Å². The number of alkyl halides is 3. The second-order valence-corrected chi connectivity index (χ2v) is 8.24. The standard InChI is InChI=1S/C19H16F3N5S2/c1-18(8-10-24-16(18)28)17-27-26-15(29-17)14-13(3-2-9-23-14)25-12-6-4-11(5-7-12)19(20,21)22/h2-7,9,25H,8,10H2,1H3,(H,24,28)/t18-/m1/s1. The van der Waals surface area contributed by atoms with E-state index in [-0.39, 0.29) is 5.41 Å². The topological polar surface area (TPSA) is 62.7 Å². The molecule has 0 amide bonds. The lowest BCUT2D eigenvalue weighted by Crippen LogP contribution is -2.30. The van der Waals surface area contributed by atoms with Gasteiger partial charge in [0.15, 0.2) is 5.01 Å². The maximum absolute atomic E-state index is 12.8. The normalized spacial score (nSPS) is 19.2. The summed E-state index contributed by atoms with van der Waals surface area (Å²) >= 11 is 6.85. The Morgan fingerprint density at radius 2 is 1.93 bits per heavy atom. The number of hydrogen-bond acceptors (Lipinski definition) is 6. The Bertz CT molecular complexity index is 1050. The molecule has 4 rings (SSSR count). The molecule has 1 saturated heterocycles. The summed E-state index contributed by atoms with van der Waals surface area (Å²) in [4.78, 5) is 5.15. The summed E-state index contributed by atoms with van der Waals surface area (Å²) in [7, 11) is 0. The minimum Gasteiger partial charge on any atom is -0.379 e. The van der Waals surface area contributed by atoms with Gasteiger partial charge in [-0.05, 0) is 49.7 Å². The highest BCUT2D eigenvalue weighted by molar-refractivity contribution is 7.80. The van der Waals surface area contributed by atoms with Gasteiger partial charge >= 0.3 is 6.18 Å². The van der Waals surface area contributed by atoms with E-state index in [0.717, 1.165) is 35.1 Å². The van der Waals surface area contributed by atoms with Crippen LogP contribution in [0.1, 0.15) is 23.9 Å². The van der Waals surface area contributed by atoms with Crippen LogP contribution < -0.4 is 10.6 Å². The maximum Gasteiger partial charge on any atom is 0.416 e. The first-order valence-electron chi connectivity index (χ1n) is 8.79. The number of rotatable bonds is 4. The third-order valence-electron chi connectivity index (χ3n) is 4.81. The van der Waals surface area contributed by atoms with E-state index in [1.54, 1.807) is 18.3 Å². The Morgan fingerprint density at radius 3 is 2.59 bits per heavy atom. The van der Waals surface area contributed by atoms with Crippen LogP contribution in [0.25, 0.3) is 10.7 Å². The molecule has 29 heavy (non-hydrogen) atoms. The molecular weight excluding hydrogens is 419 g/mol.